The summed E-state index contributed by atoms with van der Waals surface area (Å²) in [7, 11) is 0. The number of anilines is 2. The molecule has 2 nitrogen and oxygen atoms in total. The first kappa shape index (κ1) is 12.0. The van der Waals surface area contributed by atoms with Crippen LogP contribution in [0.15, 0.2) is 12.1 Å². The molecule has 1 aliphatic rings. The SMILES string of the molecule is CC(CNc1cc(F)c(I)cc1N)C1CC1. The van der Waals surface area contributed by atoms with Crippen molar-refractivity contribution in [3.05, 3.63) is 21.5 Å². The molecule has 3 N–H and O–H groups in total. The van der Waals surface area contributed by atoms with Crippen molar-refractivity contribution in [3.63, 3.8) is 0 Å². The van der Waals surface area contributed by atoms with E-state index in [0.717, 1.165) is 12.5 Å². The van der Waals surface area contributed by atoms with Gasteiger partial charge >= 0.3 is 0 Å². The Hall–Kier alpha value is -0.520. The highest BCUT2D eigenvalue weighted by atomic mass is 127. The number of halogens is 2. The average Bonchev–Trinajstić information content (AvgIpc) is 3.04. The van der Waals surface area contributed by atoms with Crippen molar-refractivity contribution in [3.8, 4) is 0 Å². The molecule has 1 saturated carbocycles. The second-order valence-electron chi connectivity index (χ2n) is 4.55. The Morgan fingerprint density at radius 3 is 2.88 bits per heavy atom. The van der Waals surface area contributed by atoms with Crippen molar-refractivity contribution in [2.24, 2.45) is 11.8 Å². The van der Waals surface area contributed by atoms with Crippen LogP contribution in [0, 0.1) is 21.2 Å². The van der Waals surface area contributed by atoms with Crippen LogP contribution in [0.4, 0.5) is 15.8 Å². The summed E-state index contributed by atoms with van der Waals surface area (Å²) in [6.07, 6.45) is 2.67. The minimum atomic E-state index is -0.212. The molecule has 0 spiro atoms. The lowest BCUT2D eigenvalue weighted by molar-refractivity contribution is 0.536. The third-order valence-corrected chi connectivity index (χ3v) is 3.96. The number of nitrogens with one attached hydrogen (secondary N) is 1. The lowest BCUT2D eigenvalue weighted by atomic mass is 10.1. The molecule has 0 aromatic heterocycles. The smallest absolute Gasteiger partial charge is 0.138 e. The van der Waals surface area contributed by atoms with Gasteiger partial charge in [0, 0.05) is 12.6 Å². The number of nitrogen functional groups attached to an aromatic ring is 1. The summed E-state index contributed by atoms with van der Waals surface area (Å²) >= 11 is 1.95. The minimum Gasteiger partial charge on any atom is -0.397 e. The van der Waals surface area contributed by atoms with Gasteiger partial charge < -0.3 is 11.1 Å². The molecule has 0 bridgehead atoms. The Balaban J connectivity index is 2.00. The molecule has 0 heterocycles. The second-order valence-corrected chi connectivity index (χ2v) is 5.71. The van der Waals surface area contributed by atoms with Gasteiger partial charge in [-0.05, 0) is 53.3 Å². The maximum Gasteiger partial charge on any atom is 0.138 e. The number of rotatable bonds is 4. The van der Waals surface area contributed by atoms with E-state index in [0.29, 0.717) is 20.9 Å². The van der Waals surface area contributed by atoms with Crippen LogP contribution >= 0.6 is 22.6 Å². The highest BCUT2D eigenvalue weighted by molar-refractivity contribution is 14.1. The third kappa shape index (κ3) is 2.78. The van der Waals surface area contributed by atoms with Gasteiger partial charge in [0.2, 0.25) is 0 Å². The van der Waals surface area contributed by atoms with Crippen LogP contribution in [0.5, 0.6) is 0 Å². The summed E-state index contributed by atoms with van der Waals surface area (Å²) in [6.45, 7) is 3.10. The van der Waals surface area contributed by atoms with Gasteiger partial charge in [-0.3, -0.25) is 0 Å². The van der Waals surface area contributed by atoms with Gasteiger partial charge in [0.05, 0.1) is 14.9 Å². The largest absolute Gasteiger partial charge is 0.397 e. The van der Waals surface area contributed by atoms with Crippen molar-refractivity contribution in [2.45, 2.75) is 19.8 Å². The zero-order chi connectivity index (χ0) is 11.7. The summed E-state index contributed by atoms with van der Waals surface area (Å²) in [4.78, 5) is 0. The first-order valence-electron chi connectivity index (χ1n) is 5.56. The van der Waals surface area contributed by atoms with E-state index in [2.05, 4.69) is 12.2 Å². The lowest BCUT2D eigenvalue weighted by Crippen LogP contribution is -2.14. The van der Waals surface area contributed by atoms with Crippen LogP contribution in [0.1, 0.15) is 19.8 Å². The maximum atomic E-state index is 13.4. The van der Waals surface area contributed by atoms with Gasteiger partial charge in [0.25, 0.3) is 0 Å². The predicted molar refractivity (Wildman–Crippen MR) is 73.9 cm³/mol. The Labute approximate surface area is 109 Å². The quantitative estimate of drug-likeness (QED) is 0.654. The van der Waals surface area contributed by atoms with E-state index < -0.39 is 0 Å². The zero-order valence-corrected chi connectivity index (χ0v) is 11.4. The molecule has 2 rings (SSSR count). The lowest BCUT2D eigenvalue weighted by Gasteiger charge is -2.14. The van der Waals surface area contributed by atoms with E-state index in [4.69, 9.17) is 5.73 Å². The van der Waals surface area contributed by atoms with Crippen LogP contribution < -0.4 is 11.1 Å². The van der Waals surface area contributed by atoms with E-state index in [1.165, 1.54) is 18.9 Å². The molecule has 1 atom stereocenters. The molecule has 88 valence electrons. The Morgan fingerprint density at radius 1 is 1.56 bits per heavy atom. The summed E-state index contributed by atoms with van der Waals surface area (Å²) in [5.41, 5.74) is 7.17. The van der Waals surface area contributed by atoms with Crippen molar-refractivity contribution in [1.82, 2.24) is 0 Å². The third-order valence-electron chi connectivity index (χ3n) is 3.13. The standard InChI is InChI=1S/C12H16FIN2/c1-7(8-2-3-8)6-16-12-4-9(13)10(14)5-11(12)15/h4-5,7-8,16H,2-3,6,15H2,1H3. The topological polar surface area (TPSA) is 38.0 Å². The van der Waals surface area contributed by atoms with Crippen LogP contribution in [0.25, 0.3) is 0 Å². The first-order valence-corrected chi connectivity index (χ1v) is 6.64. The van der Waals surface area contributed by atoms with Gasteiger partial charge in [-0.25, -0.2) is 4.39 Å². The number of nitrogens with two attached hydrogens (primary N) is 1. The molecule has 0 amide bonds. The van der Waals surface area contributed by atoms with Gasteiger partial charge in [0.1, 0.15) is 5.82 Å². The summed E-state index contributed by atoms with van der Waals surface area (Å²) in [6, 6.07) is 3.15. The molecule has 1 unspecified atom stereocenters. The zero-order valence-electron chi connectivity index (χ0n) is 9.26. The summed E-state index contributed by atoms with van der Waals surface area (Å²) < 4.78 is 13.9. The highest BCUT2D eigenvalue weighted by Crippen LogP contribution is 2.36. The molecule has 1 fully saturated rings. The van der Waals surface area contributed by atoms with E-state index in [9.17, 15) is 4.39 Å². The van der Waals surface area contributed by atoms with Crippen molar-refractivity contribution < 1.29 is 4.39 Å². The normalized spacial score (nSPS) is 17.2. The maximum absolute atomic E-state index is 13.4. The Kier molecular flexibility index (Phi) is 3.56. The van der Waals surface area contributed by atoms with Gasteiger partial charge in [-0.1, -0.05) is 6.92 Å². The van der Waals surface area contributed by atoms with Gasteiger partial charge in [-0.2, -0.15) is 0 Å². The van der Waals surface area contributed by atoms with Crippen molar-refractivity contribution in [2.75, 3.05) is 17.6 Å². The van der Waals surface area contributed by atoms with Crippen LogP contribution in [0.2, 0.25) is 0 Å². The van der Waals surface area contributed by atoms with Crippen LogP contribution in [-0.2, 0) is 0 Å². The molecule has 1 aliphatic carbocycles. The fraction of sp³-hybridized carbons (Fsp3) is 0.500. The van der Waals surface area contributed by atoms with E-state index in [1.807, 2.05) is 22.6 Å². The average molecular weight is 334 g/mol. The Morgan fingerprint density at radius 2 is 2.25 bits per heavy atom. The predicted octanol–water partition coefficient (Wildman–Crippen LogP) is 3.47. The number of hydrogen-bond donors (Lipinski definition) is 2. The van der Waals surface area contributed by atoms with E-state index in [-0.39, 0.29) is 5.82 Å². The first-order chi connectivity index (χ1) is 7.58. The molecular weight excluding hydrogens is 318 g/mol. The molecule has 0 saturated heterocycles. The molecule has 0 aliphatic heterocycles. The highest BCUT2D eigenvalue weighted by Gasteiger charge is 2.27. The van der Waals surface area contributed by atoms with Crippen LogP contribution in [0.3, 0.4) is 0 Å². The fourth-order valence-electron chi connectivity index (χ4n) is 1.82. The Bertz CT molecular complexity index is 391. The second kappa shape index (κ2) is 4.77. The minimum absolute atomic E-state index is 0.212. The van der Waals surface area contributed by atoms with Crippen LogP contribution in [-0.4, -0.2) is 6.54 Å². The molecule has 1 aromatic carbocycles. The molecule has 16 heavy (non-hydrogen) atoms. The van der Waals surface area contributed by atoms with Crippen molar-refractivity contribution in [1.29, 1.82) is 0 Å². The molecular formula is C12H16FIN2. The van der Waals surface area contributed by atoms with E-state index >= 15 is 0 Å². The fourth-order valence-corrected chi connectivity index (χ4v) is 2.31. The number of benzene rings is 1. The number of hydrogen-bond acceptors (Lipinski definition) is 2. The molecule has 4 heteroatoms. The van der Waals surface area contributed by atoms with Gasteiger partial charge in [0.15, 0.2) is 0 Å². The van der Waals surface area contributed by atoms with Gasteiger partial charge in [-0.15, -0.1) is 0 Å². The summed E-state index contributed by atoms with van der Waals surface area (Å²) in [5.74, 6) is 1.28. The molecule has 0 radical (unpaired) electrons. The monoisotopic (exact) mass is 334 g/mol. The van der Waals surface area contributed by atoms with Crippen molar-refractivity contribution >= 4 is 34.0 Å². The van der Waals surface area contributed by atoms with E-state index in [1.54, 1.807) is 6.07 Å². The summed E-state index contributed by atoms with van der Waals surface area (Å²) in [5, 5.41) is 3.23. The molecule has 1 aromatic rings.